The first-order valence-corrected chi connectivity index (χ1v) is 6.18. The quantitative estimate of drug-likeness (QED) is 0.817. The molecule has 0 aromatic carbocycles. The molecule has 0 bridgehead atoms. The molecule has 0 unspecified atom stereocenters. The highest BCUT2D eigenvalue weighted by Gasteiger charge is 2.38. The van der Waals surface area contributed by atoms with E-state index in [0.717, 1.165) is 24.8 Å². The van der Waals surface area contributed by atoms with Crippen molar-refractivity contribution < 1.29 is 0 Å². The maximum absolute atomic E-state index is 6.09. The molecule has 0 amide bonds. The van der Waals surface area contributed by atoms with Crippen molar-refractivity contribution in [3.8, 4) is 0 Å². The fourth-order valence-corrected chi connectivity index (χ4v) is 3.03. The van der Waals surface area contributed by atoms with E-state index in [1.54, 1.807) is 11.3 Å². The van der Waals surface area contributed by atoms with Crippen molar-refractivity contribution in [2.24, 2.45) is 5.73 Å². The minimum Gasteiger partial charge on any atom is -0.325 e. The Bertz CT molecular complexity index is 516. The summed E-state index contributed by atoms with van der Waals surface area (Å²) in [7, 11) is 0. The minimum atomic E-state index is 0.0741. The summed E-state index contributed by atoms with van der Waals surface area (Å²) >= 11 is 7.61. The van der Waals surface area contributed by atoms with E-state index in [4.69, 9.17) is 17.3 Å². The van der Waals surface area contributed by atoms with Gasteiger partial charge in [0.25, 0.3) is 0 Å². The van der Waals surface area contributed by atoms with E-state index in [1.165, 1.54) is 9.58 Å². The fraction of sp³-hybridized carbons (Fsp3) is 0.364. The largest absolute Gasteiger partial charge is 0.325 e. The monoisotopic (exact) mass is 238 g/mol. The molecule has 2 aromatic rings. The first kappa shape index (κ1) is 9.58. The average Bonchev–Trinajstić information content (AvgIpc) is 2.76. The normalized spacial score (nSPS) is 18.3. The smallest absolute Gasteiger partial charge is 0.129 e. The molecule has 0 atom stereocenters. The number of nitrogens with two attached hydrogens (primary N) is 1. The summed E-state index contributed by atoms with van der Waals surface area (Å²) in [6, 6.07) is 5.97. The molecular formula is C11H11ClN2S. The topological polar surface area (TPSA) is 38.9 Å². The summed E-state index contributed by atoms with van der Waals surface area (Å²) in [6.45, 7) is 0. The van der Waals surface area contributed by atoms with Gasteiger partial charge >= 0.3 is 0 Å². The highest BCUT2D eigenvalue weighted by molar-refractivity contribution is 7.19. The van der Waals surface area contributed by atoms with E-state index in [2.05, 4.69) is 11.1 Å². The van der Waals surface area contributed by atoms with Gasteiger partial charge in [0, 0.05) is 10.4 Å². The van der Waals surface area contributed by atoms with E-state index < -0.39 is 0 Å². The van der Waals surface area contributed by atoms with Gasteiger partial charge in [-0.1, -0.05) is 11.6 Å². The van der Waals surface area contributed by atoms with E-state index in [1.807, 2.05) is 12.1 Å². The van der Waals surface area contributed by atoms with Crippen LogP contribution >= 0.6 is 22.9 Å². The summed E-state index contributed by atoms with van der Waals surface area (Å²) in [4.78, 5) is 5.60. The third-order valence-electron chi connectivity index (χ3n) is 2.81. The Morgan fingerprint density at radius 1 is 1.47 bits per heavy atom. The van der Waals surface area contributed by atoms with Crippen LogP contribution in [0.15, 0.2) is 18.2 Å². The van der Waals surface area contributed by atoms with Crippen molar-refractivity contribution in [2.75, 3.05) is 0 Å². The molecule has 2 heterocycles. The molecule has 1 aliphatic rings. The van der Waals surface area contributed by atoms with Crippen LogP contribution in [0.25, 0.3) is 10.2 Å². The lowest BCUT2D eigenvalue weighted by Gasteiger charge is -2.03. The zero-order valence-electron chi connectivity index (χ0n) is 8.16. The zero-order chi connectivity index (χ0) is 10.5. The van der Waals surface area contributed by atoms with Gasteiger partial charge in [0.05, 0.1) is 10.2 Å². The molecule has 0 saturated heterocycles. The molecule has 1 aliphatic carbocycles. The molecule has 2 nitrogen and oxygen atoms in total. The van der Waals surface area contributed by atoms with Gasteiger partial charge in [-0.2, -0.15) is 0 Å². The number of aromatic nitrogens is 1. The first-order chi connectivity index (χ1) is 7.15. The Morgan fingerprint density at radius 3 is 3.00 bits per heavy atom. The number of nitrogens with zero attached hydrogens (tertiary/aromatic N) is 1. The van der Waals surface area contributed by atoms with Crippen molar-refractivity contribution in [3.05, 3.63) is 28.2 Å². The molecule has 0 aliphatic heterocycles. The van der Waals surface area contributed by atoms with Gasteiger partial charge in [0.2, 0.25) is 0 Å². The van der Waals surface area contributed by atoms with Gasteiger partial charge in [-0.25, -0.2) is 4.98 Å². The standard InChI is InChI=1S/C11H11ClN2S/c12-10-2-1-9-8(14-10)5-7(15-9)6-11(13)3-4-11/h1-2,5H,3-4,6,13H2. The van der Waals surface area contributed by atoms with Gasteiger partial charge in [0.15, 0.2) is 0 Å². The molecule has 0 radical (unpaired) electrons. The molecule has 2 aromatic heterocycles. The fourth-order valence-electron chi connectivity index (χ4n) is 1.72. The Labute approximate surface area is 97.1 Å². The lowest BCUT2D eigenvalue weighted by molar-refractivity contribution is 0.679. The Balaban J connectivity index is 1.99. The van der Waals surface area contributed by atoms with Crippen LogP contribution in [0, 0.1) is 0 Å². The van der Waals surface area contributed by atoms with Crippen LogP contribution in [-0.2, 0) is 6.42 Å². The maximum Gasteiger partial charge on any atom is 0.129 e. The highest BCUT2D eigenvalue weighted by Crippen LogP contribution is 2.38. The van der Waals surface area contributed by atoms with Crippen LogP contribution < -0.4 is 5.73 Å². The lowest BCUT2D eigenvalue weighted by atomic mass is 10.2. The summed E-state index contributed by atoms with van der Waals surface area (Å²) in [6.07, 6.45) is 3.27. The maximum atomic E-state index is 6.09. The van der Waals surface area contributed by atoms with Crippen LogP contribution in [0.1, 0.15) is 17.7 Å². The van der Waals surface area contributed by atoms with Crippen LogP contribution in [-0.4, -0.2) is 10.5 Å². The van der Waals surface area contributed by atoms with Crippen LogP contribution in [0.3, 0.4) is 0 Å². The van der Waals surface area contributed by atoms with Gasteiger partial charge in [-0.3, -0.25) is 0 Å². The Hall–Kier alpha value is -0.640. The van der Waals surface area contributed by atoms with Gasteiger partial charge < -0.3 is 5.73 Å². The number of hydrogen-bond acceptors (Lipinski definition) is 3. The predicted octanol–water partition coefficient (Wildman–Crippen LogP) is 2.98. The van der Waals surface area contributed by atoms with Crippen LogP contribution in [0.2, 0.25) is 5.15 Å². The molecule has 1 fully saturated rings. The van der Waals surface area contributed by atoms with E-state index in [-0.39, 0.29) is 5.54 Å². The Kier molecular flexibility index (Phi) is 2.03. The van der Waals surface area contributed by atoms with Crippen molar-refractivity contribution in [1.82, 2.24) is 4.98 Å². The predicted molar refractivity (Wildman–Crippen MR) is 64.5 cm³/mol. The van der Waals surface area contributed by atoms with Crippen molar-refractivity contribution in [3.63, 3.8) is 0 Å². The summed E-state index contributed by atoms with van der Waals surface area (Å²) in [5.74, 6) is 0. The zero-order valence-corrected chi connectivity index (χ0v) is 9.74. The number of halogens is 1. The van der Waals surface area contributed by atoms with Crippen molar-refractivity contribution in [2.45, 2.75) is 24.8 Å². The number of rotatable bonds is 2. The molecule has 2 N–H and O–H groups in total. The molecule has 15 heavy (non-hydrogen) atoms. The number of pyridine rings is 1. The minimum absolute atomic E-state index is 0.0741. The lowest BCUT2D eigenvalue weighted by Crippen LogP contribution is -2.23. The first-order valence-electron chi connectivity index (χ1n) is 4.99. The molecular weight excluding hydrogens is 228 g/mol. The molecule has 0 spiro atoms. The molecule has 4 heteroatoms. The summed E-state index contributed by atoms with van der Waals surface area (Å²) in [5, 5.41) is 0.556. The molecule has 3 rings (SSSR count). The SMILES string of the molecule is NC1(Cc2cc3nc(Cl)ccc3s2)CC1. The average molecular weight is 239 g/mol. The third-order valence-corrected chi connectivity index (χ3v) is 4.11. The second-order valence-electron chi connectivity index (χ2n) is 4.27. The van der Waals surface area contributed by atoms with Crippen molar-refractivity contribution in [1.29, 1.82) is 0 Å². The molecule has 1 saturated carbocycles. The van der Waals surface area contributed by atoms with Gasteiger partial charge in [-0.15, -0.1) is 11.3 Å². The summed E-state index contributed by atoms with van der Waals surface area (Å²) < 4.78 is 1.19. The van der Waals surface area contributed by atoms with E-state index in [9.17, 15) is 0 Å². The van der Waals surface area contributed by atoms with E-state index in [0.29, 0.717) is 5.15 Å². The Morgan fingerprint density at radius 2 is 2.27 bits per heavy atom. The third kappa shape index (κ3) is 1.87. The second kappa shape index (κ2) is 3.17. The van der Waals surface area contributed by atoms with Gasteiger partial charge in [0.1, 0.15) is 5.15 Å². The van der Waals surface area contributed by atoms with Crippen LogP contribution in [0.5, 0.6) is 0 Å². The molecule has 78 valence electrons. The summed E-state index contributed by atoms with van der Waals surface area (Å²) in [5.41, 5.74) is 7.16. The van der Waals surface area contributed by atoms with Gasteiger partial charge in [-0.05, 0) is 37.5 Å². The van der Waals surface area contributed by atoms with E-state index >= 15 is 0 Å². The number of thiophene rings is 1. The number of hydrogen-bond donors (Lipinski definition) is 1. The van der Waals surface area contributed by atoms with Crippen LogP contribution in [0.4, 0.5) is 0 Å². The second-order valence-corrected chi connectivity index (χ2v) is 5.82. The highest BCUT2D eigenvalue weighted by atomic mass is 35.5. The number of fused-ring (bicyclic) bond motifs is 1. The van der Waals surface area contributed by atoms with Crippen molar-refractivity contribution >= 4 is 33.2 Å².